The van der Waals surface area contributed by atoms with Crippen molar-refractivity contribution in [2.24, 2.45) is 23.7 Å². The van der Waals surface area contributed by atoms with Gasteiger partial charge in [-0.05, 0) is 97.4 Å². The predicted molar refractivity (Wildman–Crippen MR) is 409 cm³/mol. The molecule has 5 aromatic rings. The van der Waals surface area contributed by atoms with Gasteiger partial charge in [0.05, 0.1) is 24.9 Å². The third kappa shape index (κ3) is 29.6. The molecule has 0 unspecified atom stereocenters. The second kappa shape index (κ2) is 44.5. The smallest absolute Gasteiger partial charge is 0.326 e. The van der Waals surface area contributed by atoms with Gasteiger partial charge in [0, 0.05) is 61.8 Å². The average Bonchev–Trinajstić information content (AvgIpc) is 1.62. The van der Waals surface area contributed by atoms with Crippen molar-refractivity contribution in [2.45, 2.75) is 219 Å². The van der Waals surface area contributed by atoms with E-state index in [0.29, 0.717) is 23.1 Å². The standard InChI is InChI=1S/C77H105N15O22/c1-11-40(7)64(75(111)89-58(77(113)114)32-46-35-79-51-16-14-13-15-50(46)51)92-76(112)65(41(8)12-2)91-73(109)57(34-62(100)101)87-70(106)53(29-38(3)4)85-72(108)56(33-47-36-78-37-80-47)84-66(102)42(9)82-69(105)54(30-44-17-21-48(93)22-18-44)86-71(107)55(31-45-19-23-49(94)24-20-45)88-74(110)63(39(5)6)90-67(103)43(10)81-68(104)52(25-27-60(96)97)83-59(95)26-28-61(98)99/h13-24,35-43,52-58,63-65,79,93-94H,11-12,25-34H2,1-10H3,(H,78,80)(H,81,104)(H,82,105)(H,83,95)(H,84,102)(H,85,108)(H,86,107)(H,87,106)(H,88,110)(H,89,111)(H,90,103)(H,91,109)(H,92,112)(H,96,97)(H,98,99)(H,100,101)(H,113,114)/t40-,41-,42-,43-,52-,53-,54-,55-,56-,57-,58-,63-,64-,65-/m0/s1. The van der Waals surface area contributed by atoms with Gasteiger partial charge in [-0.2, -0.15) is 0 Å². The van der Waals surface area contributed by atoms with Crippen molar-refractivity contribution in [1.82, 2.24) is 78.8 Å². The van der Waals surface area contributed by atoms with Gasteiger partial charge >= 0.3 is 23.9 Å². The van der Waals surface area contributed by atoms with Gasteiger partial charge < -0.3 is 104 Å². The number of carbonyl (C=O) groups is 16. The fourth-order valence-electron chi connectivity index (χ4n) is 11.9. The number of nitrogens with zero attached hydrogens (tertiary/aromatic N) is 1. The Labute approximate surface area is 657 Å². The lowest BCUT2D eigenvalue weighted by Gasteiger charge is -2.31. The first-order chi connectivity index (χ1) is 53.8. The summed E-state index contributed by atoms with van der Waals surface area (Å²) in [6.45, 7) is 15.6. The summed E-state index contributed by atoms with van der Waals surface area (Å²) < 4.78 is 0. The number of aliphatic carboxylic acids is 4. The molecule has 0 aliphatic carbocycles. The molecule has 3 aromatic carbocycles. The number of benzene rings is 3. The molecule has 2 heterocycles. The molecule has 0 aliphatic heterocycles. The van der Waals surface area contributed by atoms with E-state index in [0.717, 1.165) is 10.9 Å². The van der Waals surface area contributed by atoms with Gasteiger partial charge in [0.15, 0.2) is 0 Å². The molecule has 37 heteroatoms. The summed E-state index contributed by atoms with van der Waals surface area (Å²) in [6, 6.07) is -0.413. The number of H-pyrrole nitrogens is 2. The number of aromatic amines is 2. The van der Waals surface area contributed by atoms with E-state index in [4.69, 9.17) is 5.11 Å². The third-order valence-corrected chi connectivity index (χ3v) is 18.9. The molecule has 0 saturated carbocycles. The first kappa shape index (κ1) is 92.1. The van der Waals surface area contributed by atoms with Gasteiger partial charge in [-0.1, -0.05) is 111 Å². The van der Waals surface area contributed by atoms with Crippen LogP contribution in [0.25, 0.3) is 10.9 Å². The molecule has 0 bridgehead atoms. The number of para-hydroxylation sites is 1. The van der Waals surface area contributed by atoms with Crippen molar-refractivity contribution in [3.8, 4) is 11.5 Å². The number of hydrogen-bond acceptors (Lipinski definition) is 19. The number of fused-ring (bicyclic) bond motifs is 1. The number of phenols is 2. The molecule has 0 fully saturated rings. The van der Waals surface area contributed by atoms with E-state index < -0.39 is 223 Å². The number of hydrogen-bond donors (Lipinski definition) is 20. The normalized spacial score (nSPS) is 14.9. The van der Waals surface area contributed by atoms with Gasteiger partial charge in [0.25, 0.3) is 0 Å². The molecule has 0 spiro atoms. The maximum Gasteiger partial charge on any atom is 0.326 e. The van der Waals surface area contributed by atoms with E-state index >= 15 is 0 Å². The van der Waals surface area contributed by atoms with Gasteiger partial charge in [-0.25, -0.2) is 9.78 Å². The van der Waals surface area contributed by atoms with Gasteiger partial charge in [-0.15, -0.1) is 0 Å². The minimum Gasteiger partial charge on any atom is -0.508 e. The van der Waals surface area contributed by atoms with Crippen LogP contribution in [0.15, 0.2) is 91.5 Å². The van der Waals surface area contributed by atoms with Crippen molar-refractivity contribution in [1.29, 1.82) is 0 Å². The maximum absolute atomic E-state index is 14.8. The second-order valence-electron chi connectivity index (χ2n) is 28.9. The van der Waals surface area contributed by atoms with Gasteiger partial charge in [-0.3, -0.25) is 71.9 Å². The van der Waals surface area contributed by atoms with E-state index in [-0.39, 0.29) is 55.7 Å². The summed E-state index contributed by atoms with van der Waals surface area (Å²) in [5, 5.41) is 90.0. The third-order valence-electron chi connectivity index (χ3n) is 18.9. The van der Waals surface area contributed by atoms with E-state index in [1.807, 2.05) is 0 Å². The Hall–Kier alpha value is -12.5. The van der Waals surface area contributed by atoms with E-state index in [1.54, 1.807) is 72.0 Å². The minimum atomic E-state index is -1.91. The van der Waals surface area contributed by atoms with E-state index in [9.17, 15) is 102 Å². The van der Waals surface area contributed by atoms with Crippen molar-refractivity contribution in [2.75, 3.05) is 0 Å². The molecular weight excluding hydrogens is 1490 g/mol. The number of aromatic hydroxyl groups is 2. The SMILES string of the molecule is CC[C@H](C)[C@H](NC(=O)[C@H](CC(=O)O)NC(=O)[C@H](CC(C)C)NC(=O)[C@H](Cc1c[nH]cn1)NC(=O)[C@H](C)NC(=O)[C@H](Cc1ccc(O)cc1)NC(=O)[C@H](Cc1ccc(O)cc1)NC(=O)[C@@H](NC(=O)[C@H](C)NC(=O)[C@H](CCC(=O)O)NC(=O)CCC(=O)O)C(C)C)C(=O)N[C@H](C(=O)N[C@@H](Cc1c[nH]c2ccccc12)C(=O)O)[C@@H](C)CC. The summed E-state index contributed by atoms with van der Waals surface area (Å²) in [6.07, 6.45) is 0.366. The molecule has 114 heavy (non-hydrogen) atoms. The molecule has 14 atom stereocenters. The highest BCUT2D eigenvalue weighted by Crippen LogP contribution is 2.22. The number of carboxylic acids is 4. The highest BCUT2D eigenvalue weighted by molar-refractivity contribution is 6.01. The van der Waals surface area contributed by atoms with Crippen LogP contribution in [0.5, 0.6) is 11.5 Å². The first-order valence-corrected chi connectivity index (χ1v) is 37.4. The zero-order valence-corrected chi connectivity index (χ0v) is 65.0. The lowest BCUT2D eigenvalue weighted by molar-refractivity contribution is -0.143. The van der Waals surface area contributed by atoms with Crippen LogP contribution < -0.4 is 63.8 Å². The number of carbonyl (C=O) groups excluding carboxylic acids is 12. The van der Waals surface area contributed by atoms with Crippen LogP contribution >= 0.6 is 0 Å². The van der Waals surface area contributed by atoms with Crippen molar-refractivity contribution >= 4 is 106 Å². The predicted octanol–water partition coefficient (Wildman–Crippen LogP) is 0.513. The number of carboxylic acid groups (broad SMARTS) is 4. The number of amides is 12. The number of aromatic nitrogens is 3. The Balaban J connectivity index is 1.35. The number of phenolic OH excluding ortho intramolecular Hbond substituents is 2. The number of rotatable bonds is 47. The molecule has 0 aliphatic rings. The van der Waals surface area contributed by atoms with Crippen LogP contribution in [0.1, 0.15) is 143 Å². The highest BCUT2D eigenvalue weighted by Gasteiger charge is 2.40. The quantitative estimate of drug-likeness (QED) is 0.0252. The Bertz CT molecular complexity index is 4190. The molecule has 620 valence electrons. The zero-order valence-electron chi connectivity index (χ0n) is 65.0. The first-order valence-electron chi connectivity index (χ1n) is 37.4. The molecule has 12 amide bonds. The molecule has 0 radical (unpaired) electrons. The summed E-state index contributed by atoms with van der Waals surface area (Å²) in [4.78, 5) is 228. The number of nitrogens with one attached hydrogen (secondary N) is 14. The highest BCUT2D eigenvalue weighted by atomic mass is 16.4. The fraction of sp³-hybridized carbons (Fsp3) is 0.494. The van der Waals surface area contributed by atoms with Crippen molar-refractivity contribution < 1.29 is 107 Å². The summed E-state index contributed by atoms with van der Waals surface area (Å²) >= 11 is 0. The molecule has 0 saturated heterocycles. The number of imidazole rings is 1. The van der Waals surface area contributed by atoms with Crippen LogP contribution in [-0.4, -0.2) is 213 Å². The van der Waals surface area contributed by atoms with E-state index in [1.165, 1.54) is 88.8 Å². The topological polar surface area (TPSA) is 583 Å². The second-order valence-corrected chi connectivity index (χ2v) is 28.9. The van der Waals surface area contributed by atoms with Gasteiger partial charge in [0.1, 0.15) is 84.0 Å². The van der Waals surface area contributed by atoms with Crippen molar-refractivity contribution in [3.05, 3.63) is 114 Å². The van der Waals surface area contributed by atoms with Crippen LogP contribution in [0.2, 0.25) is 0 Å². The van der Waals surface area contributed by atoms with E-state index in [2.05, 4.69) is 78.8 Å². The van der Waals surface area contributed by atoms with Gasteiger partial charge in [0.2, 0.25) is 70.9 Å². The Kier molecular flexibility index (Phi) is 36.0. The largest absolute Gasteiger partial charge is 0.508 e. The molecule has 5 rings (SSSR count). The Morgan fingerprint density at radius 2 is 0.833 bits per heavy atom. The molecular formula is C77H105N15O22. The zero-order chi connectivity index (χ0) is 84.8. The maximum atomic E-state index is 14.8. The summed E-state index contributed by atoms with van der Waals surface area (Å²) in [7, 11) is 0. The minimum absolute atomic E-state index is 0.121. The lowest BCUT2D eigenvalue weighted by Crippen LogP contribution is -2.62. The Morgan fingerprint density at radius 1 is 0.404 bits per heavy atom. The van der Waals surface area contributed by atoms with Crippen LogP contribution in [-0.2, 0) is 102 Å². The van der Waals surface area contributed by atoms with Crippen LogP contribution in [0.4, 0.5) is 0 Å². The van der Waals surface area contributed by atoms with Crippen LogP contribution in [0, 0.1) is 23.7 Å². The van der Waals surface area contributed by atoms with Crippen molar-refractivity contribution in [3.63, 3.8) is 0 Å². The molecule has 20 N–H and O–H groups in total. The van der Waals surface area contributed by atoms with Crippen LogP contribution in [0.3, 0.4) is 0 Å². The lowest BCUT2D eigenvalue weighted by atomic mass is 9.94. The Morgan fingerprint density at radius 3 is 1.33 bits per heavy atom. The summed E-state index contributed by atoms with van der Waals surface area (Å²) in [5.41, 5.74) is 2.28. The molecule has 37 nitrogen and oxygen atoms in total. The summed E-state index contributed by atoms with van der Waals surface area (Å²) in [5.74, 6) is -20.1. The molecule has 2 aromatic heterocycles. The fourth-order valence-corrected chi connectivity index (χ4v) is 11.9. The average molecular weight is 1590 g/mol. The monoisotopic (exact) mass is 1590 g/mol.